The zero-order valence-electron chi connectivity index (χ0n) is 9.75. The third-order valence-electron chi connectivity index (χ3n) is 2.72. The fourth-order valence-electron chi connectivity index (χ4n) is 1.75. The zero-order valence-corrected chi connectivity index (χ0v) is 9.75. The van der Waals surface area contributed by atoms with Crippen molar-refractivity contribution >= 4 is 0 Å². The van der Waals surface area contributed by atoms with Gasteiger partial charge in [-0.05, 0) is 31.4 Å². The predicted molar refractivity (Wildman–Crippen MR) is 65.6 cm³/mol. The first-order valence-corrected chi connectivity index (χ1v) is 5.46. The van der Waals surface area contributed by atoms with Crippen molar-refractivity contribution in [1.29, 1.82) is 0 Å². The van der Waals surface area contributed by atoms with Gasteiger partial charge in [0.2, 0.25) is 0 Å². The highest BCUT2D eigenvalue weighted by Crippen LogP contribution is 2.17. The maximum Gasteiger partial charge on any atom is 0.0688 e. The van der Waals surface area contributed by atoms with E-state index in [2.05, 4.69) is 56.3 Å². The molecule has 80 valence electrons. The summed E-state index contributed by atoms with van der Waals surface area (Å²) in [7, 11) is 0. The molecule has 1 aromatic carbocycles. The Morgan fingerprint density at radius 2 is 2.07 bits per heavy atom. The summed E-state index contributed by atoms with van der Waals surface area (Å²) in [5, 5.41) is 3.44. The number of nitrogens with one attached hydrogen (secondary N) is 1. The second-order valence-electron chi connectivity index (χ2n) is 3.87. The third kappa shape index (κ3) is 3.11. The van der Waals surface area contributed by atoms with Gasteiger partial charge in [-0.1, -0.05) is 37.1 Å². The molecular weight excluding hydrogens is 182 g/mol. The molecule has 0 aliphatic rings. The first kappa shape index (κ1) is 11.8. The van der Waals surface area contributed by atoms with E-state index in [0.717, 1.165) is 6.42 Å². The van der Waals surface area contributed by atoms with E-state index in [4.69, 9.17) is 6.42 Å². The molecule has 0 amide bonds. The van der Waals surface area contributed by atoms with Gasteiger partial charge >= 0.3 is 0 Å². The van der Waals surface area contributed by atoms with E-state index in [1.165, 1.54) is 11.1 Å². The molecule has 0 aliphatic heterocycles. The van der Waals surface area contributed by atoms with Crippen molar-refractivity contribution in [1.82, 2.24) is 5.32 Å². The van der Waals surface area contributed by atoms with E-state index >= 15 is 0 Å². The molecule has 0 radical (unpaired) electrons. The minimum absolute atomic E-state index is 0.166. The molecule has 1 aromatic rings. The summed E-state index contributed by atoms with van der Waals surface area (Å²) >= 11 is 0. The van der Waals surface area contributed by atoms with Crippen LogP contribution in [-0.2, 0) is 0 Å². The van der Waals surface area contributed by atoms with Crippen LogP contribution in [0.3, 0.4) is 0 Å². The lowest BCUT2D eigenvalue weighted by atomic mass is 10.0. The van der Waals surface area contributed by atoms with E-state index in [-0.39, 0.29) is 6.04 Å². The van der Waals surface area contributed by atoms with Crippen LogP contribution in [0.2, 0.25) is 0 Å². The summed E-state index contributed by atoms with van der Waals surface area (Å²) in [5.41, 5.74) is 2.63. The maximum atomic E-state index is 5.44. The van der Waals surface area contributed by atoms with Gasteiger partial charge in [0, 0.05) is 6.04 Å². The average molecular weight is 201 g/mol. The second kappa shape index (κ2) is 5.58. The Labute approximate surface area is 92.9 Å². The number of hydrogen-bond donors (Lipinski definition) is 1. The summed E-state index contributed by atoms with van der Waals surface area (Å²) in [6.45, 7) is 6.38. The van der Waals surface area contributed by atoms with Gasteiger partial charge in [0.15, 0.2) is 0 Å². The highest BCUT2D eigenvalue weighted by atomic mass is 14.9. The van der Waals surface area contributed by atoms with Crippen molar-refractivity contribution in [2.45, 2.75) is 39.3 Å². The van der Waals surface area contributed by atoms with E-state index in [1.54, 1.807) is 0 Å². The molecule has 1 N–H and O–H groups in total. The molecule has 0 aromatic heterocycles. The third-order valence-corrected chi connectivity index (χ3v) is 2.72. The van der Waals surface area contributed by atoms with Gasteiger partial charge in [-0.2, -0.15) is 0 Å². The lowest BCUT2D eigenvalue weighted by Gasteiger charge is -2.20. The Balaban J connectivity index is 2.73. The van der Waals surface area contributed by atoms with Gasteiger partial charge < -0.3 is 0 Å². The van der Waals surface area contributed by atoms with Crippen LogP contribution < -0.4 is 5.32 Å². The van der Waals surface area contributed by atoms with Gasteiger partial charge in [0.25, 0.3) is 0 Å². The minimum Gasteiger partial charge on any atom is -0.297 e. The van der Waals surface area contributed by atoms with Crippen LogP contribution >= 0.6 is 0 Å². The summed E-state index contributed by atoms with van der Waals surface area (Å²) in [5.74, 6) is 2.76. The Morgan fingerprint density at radius 3 is 2.60 bits per heavy atom. The first-order valence-electron chi connectivity index (χ1n) is 5.46. The number of benzene rings is 1. The molecular formula is C14H19N. The van der Waals surface area contributed by atoms with Crippen LogP contribution in [-0.4, -0.2) is 6.04 Å². The summed E-state index contributed by atoms with van der Waals surface area (Å²) in [4.78, 5) is 0. The van der Waals surface area contributed by atoms with E-state index in [1.807, 2.05) is 0 Å². The fraction of sp³-hybridized carbons (Fsp3) is 0.429. The summed E-state index contributed by atoms with van der Waals surface area (Å²) < 4.78 is 0. The minimum atomic E-state index is 0.166. The quantitative estimate of drug-likeness (QED) is 0.738. The van der Waals surface area contributed by atoms with Gasteiger partial charge in [0.1, 0.15) is 0 Å². The van der Waals surface area contributed by atoms with Crippen LogP contribution in [0.15, 0.2) is 24.3 Å². The van der Waals surface area contributed by atoms with Crippen molar-refractivity contribution < 1.29 is 0 Å². The number of rotatable bonds is 4. The number of aryl methyl sites for hydroxylation is 1. The SMILES string of the molecule is C#CC(CC)N[C@@H](C)c1ccccc1C. The molecule has 0 aliphatic carbocycles. The molecule has 1 unspecified atom stereocenters. The Morgan fingerprint density at radius 1 is 1.40 bits per heavy atom. The smallest absolute Gasteiger partial charge is 0.0688 e. The Hall–Kier alpha value is -1.26. The van der Waals surface area contributed by atoms with Gasteiger partial charge in [-0.25, -0.2) is 0 Å². The predicted octanol–water partition coefficient (Wildman–Crippen LogP) is 3.06. The zero-order chi connectivity index (χ0) is 11.3. The summed E-state index contributed by atoms with van der Waals surface area (Å²) in [6, 6.07) is 8.88. The molecule has 0 saturated carbocycles. The van der Waals surface area contributed by atoms with Crippen molar-refractivity contribution in [3.63, 3.8) is 0 Å². The fourth-order valence-corrected chi connectivity index (χ4v) is 1.75. The Bertz CT molecular complexity index is 349. The van der Waals surface area contributed by atoms with Crippen molar-refractivity contribution in [2.24, 2.45) is 0 Å². The Kier molecular flexibility index (Phi) is 4.39. The average Bonchev–Trinajstić information content (AvgIpc) is 2.26. The molecule has 0 bridgehead atoms. The van der Waals surface area contributed by atoms with Crippen LogP contribution in [0.1, 0.15) is 37.4 Å². The lowest BCUT2D eigenvalue weighted by molar-refractivity contribution is 0.510. The van der Waals surface area contributed by atoms with Gasteiger partial charge in [-0.3, -0.25) is 5.32 Å². The molecule has 1 heteroatoms. The van der Waals surface area contributed by atoms with Crippen LogP contribution in [0.5, 0.6) is 0 Å². The van der Waals surface area contributed by atoms with Gasteiger partial charge in [-0.15, -0.1) is 6.42 Å². The highest BCUT2D eigenvalue weighted by Gasteiger charge is 2.10. The number of hydrogen-bond acceptors (Lipinski definition) is 1. The van der Waals surface area contributed by atoms with Crippen LogP contribution in [0, 0.1) is 19.3 Å². The number of terminal acetylenes is 1. The second-order valence-corrected chi connectivity index (χ2v) is 3.87. The van der Waals surface area contributed by atoms with E-state index < -0.39 is 0 Å². The summed E-state index contributed by atoms with van der Waals surface area (Å²) in [6.07, 6.45) is 6.40. The maximum absolute atomic E-state index is 5.44. The van der Waals surface area contributed by atoms with Crippen molar-refractivity contribution in [2.75, 3.05) is 0 Å². The highest BCUT2D eigenvalue weighted by molar-refractivity contribution is 5.28. The molecule has 1 rings (SSSR count). The van der Waals surface area contributed by atoms with E-state index in [9.17, 15) is 0 Å². The van der Waals surface area contributed by atoms with Crippen molar-refractivity contribution in [3.8, 4) is 12.3 Å². The first-order chi connectivity index (χ1) is 7.19. The molecule has 0 fully saturated rings. The van der Waals surface area contributed by atoms with Crippen LogP contribution in [0.4, 0.5) is 0 Å². The normalized spacial score (nSPS) is 14.3. The molecule has 15 heavy (non-hydrogen) atoms. The largest absolute Gasteiger partial charge is 0.297 e. The molecule has 2 atom stereocenters. The van der Waals surface area contributed by atoms with Crippen molar-refractivity contribution in [3.05, 3.63) is 35.4 Å². The lowest BCUT2D eigenvalue weighted by Crippen LogP contribution is -2.29. The topological polar surface area (TPSA) is 12.0 Å². The monoisotopic (exact) mass is 201 g/mol. The molecule has 0 saturated heterocycles. The van der Waals surface area contributed by atoms with Crippen LogP contribution in [0.25, 0.3) is 0 Å². The molecule has 1 nitrogen and oxygen atoms in total. The van der Waals surface area contributed by atoms with Gasteiger partial charge in [0.05, 0.1) is 6.04 Å². The standard InChI is InChI=1S/C14H19N/c1-5-13(6-2)15-12(4)14-10-8-7-9-11(14)3/h1,7-10,12-13,15H,6H2,2-4H3/t12-,13?/m0/s1. The molecule has 0 spiro atoms. The van der Waals surface area contributed by atoms with E-state index in [0.29, 0.717) is 6.04 Å². The molecule has 0 heterocycles.